The van der Waals surface area contributed by atoms with E-state index in [4.69, 9.17) is 10.5 Å². The van der Waals surface area contributed by atoms with Crippen LogP contribution in [0.15, 0.2) is 24.3 Å². The quantitative estimate of drug-likeness (QED) is 0.869. The topological polar surface area (TPSA) is 90.4 Å². The SMILES string of the molecule is CC(C)(C)OC(=O)N1CCC(Cn2nc(CC(N)=O)c3ccccc32)C(F)C1. The standard InChI is InChI=1S/C20H27FN4O3/c1-20(2,3)28-19(27)24-9-8-13(15(21)12-24)11-25-17-7-5-4-6-14(17)16(23-25)10-18(22)26/h4-7,13,15H,8-12H2,1-3H3,(H2,22,26). The average molecular weight is 390 g/mol. The molecule has 1 aromatic heterocycles. The number of likely N-dealkylation sites (tertiary alicyclic amines) is 1. The molecular formula is C20H27FN4O3. The van der Waals surface area contributed by atoms with Crippen molar-refractivity contribution in [3.63, 3.8) is 0 Å². The molecule has 0 spiro atoms. The Bertz CT molecular complexity index is 874. The summed E-state index contributed by atoms with van der Waals surface area (Å²) >= 11 is 0. The largest absolute Gasteiger partial charge is 0.444 e. The van der Waals surface area contributed by atoms with Gasteiger partial charge in [-0.1, -0.05) is 18.2 Å². The number of para-hydroxylation sites is 1. The second kappa shape index (κ2) is 7.77. The normalized spacial score (nSPS) is 20.4. The van der Waals surface area contributed by atoms with Gasteiger partial charge in [0, 0.05) is 24.4 Å². The van der Waals surface area contributed by atoms with Crippen LogP contribution < -0.4 is 5.73 Å². The molecule has 1 fully saturated rings. The molecule has 28 heavy (non-hydrogen) atoms. The first-order valence-electron chi connectivity index (χ1n) is 9.49. The third kappa shape index (κ3) is 4.61. The highest BCUT2D eigenvalue weighted by atomic mass is 19.1. The summed E-state index contributed by atoms with van der Waals surface area (Å²) in [5.74, 6) is -0.729. The maximum absolute atomic E-state index is 14.8. The number of carbonyl (C=O) groups is 2. The molecule has 0 aliphatic carbocycles. The Morgan fingerprint density at radius 2 is 2.04 bits per heavy atom. The molecule has 0 bridgehead atoms. The number of alkyl halides is 1. The second-order valence-electron chi connectivity index (χ2n) is 8.28. The van der Waals surface area contributed by atoms with E-state index in [1.165, 1.54) is 4.90 Å². The van der Waals surface area contributed by atoms with E-state index in [0.29, 0.717) is 25.2 Å². The molecule has 1 saturated heterocycles. The minimum Gasteiger partial charge on any atom is -0.444 e. The molecule has 1 aromatic carbocycles. The minimum atomic E-state index is -1.18. The van der Waals surface area contributed by atoms with Crippen molar-refractivity contribution in [3.05, 3.63) is 30.0 Å². The van der Waals surface area contributed by atoms with Crippen LogP contribution in [0.3, 0.4) is 0 Å². The summed E-state index contributed by atoms with van der Waals surface area (Å²) in [6.45, 7) is 6.19. The van der Waals surface area contributed by atoms with Crippen LogP contribution >= 0.6 is 0 Å². The average Bonchev–Trinajstić information content (AvgIpc) is 2.92. The van der Waals surface area contributed by atoms with E-state index in [-0.39, 0.29) is 18.9 Å². The monoisotopic (exact) mass is 390 g/mol. The van der Waals surface area contributed by atoms with Gasteiger partial charge >= 0.3 is 6.09 Å². The van der Waals surface area contributed by atoms with Gasteiger partial charge in [0.25, 0.3) is 0 Å². The molecule has 2 unspecified atom stereocenters. The van der Waals surface area contributed by atoms with Crippen molar-refractivity contribution in [2.45, 2.75) is 51.9 Å². The van der Waals surface area contributed by atoms with E-state index in [1.807, 2.05) is 24.3 Å². The van der Waals surface area contributed by atoms with Gasteiger partial charge in [-0.15, -0.1) is 0 Å². The maximum Gasteiger partial charge on any atom is 0.410 e. The Kier molecular flexibility index (Phi) is 5.58. The highest BCUT2D eigenvalue weighted by molar-refractivity contribution is 5.87. The number of ether oxygens (including phenoxy) is 1. The van der Waals surface area contributed by atoms with Crippen molar-refractivity contribution in [3.8, 4) is 0 Å². The Hall–Kier alpha value is -2.64. The van der Waals surface area contributed by atoms with E-state index in [1.54, 1.807) is 25.5 Å². The molecule has 2 N–H and O–H groups in total. The van der Waals surface area contributed by atoms with Crippen LogP contribution in [0.25, 0.3) is 10.9 Å². The van der Waals surface area contributed by atoms with Crippen LogP contribution in [0, 0.1) is 5.92 Å². The number of carbonyl (C=O) groups excluding carboxylic acids is 2. The van der Waals surface area contributed by atoms with Gasteiger partial charge in [0.05, 0.1) is 24.2 Å². The fraction of sp³-hybridized carbons (Fsp3) is 0.550. The molecule has 2 amide bonds. The highest BCUT2D eigenvalue weighted by Gasteiger charge is 2.34. The van der Waals surface area contributed by atoms with Gasteiger partial charge in [-0.05, 0) is 33.3 Å². The zero-order chi connectivity index (χ0) is 20.5. The number of rotatable bonds is 4. The van der Waals surface area contributed by atoms with Gasteiger partial charge in [-0.2, -0.15) is 5.10 Å². The number of primary amides is 1. The lowest BCUT2D eigenvalue weighted by atomic mass is 9.95. The summed E-state index contributed by atoms with van der Waals surface area (Å²) in [7, 11) is 0. The molecule has 152 valence electrons. The van der Waals surface area contributed by atoms with E-state index in [9.17, 15) is 14.0 Å². The zero-order valence-electron chi connectivity index (χ0n) is 16.5. The Morgan fingerprint density at radius 1 is 1.32 bits per heavy atom. The number of benzene rings is 1. The number of aromatic nitrogens is 2. The molecular weight excluding hydrogens is 363 g/mol. The summed E-state index contributed by atoms with van der Waals surface area (Å²) in [6, 6.07) is 7.54. The van der Waals surface area contributed by atoms with Crippen LogP contribution in [0.2, 0.25) is 0 Å². The van der Waals surface area contributed by atoms with E-state index in [2.05, 4.69) is 5.10 Å². The molecule has 3 rings (SSSR count). The Balaban J connectivity index is 1.72. The van der Waals surface area contributed by atoms with E-state index < -0.39 is 23.8 Å². The molecule has 1 aliphatic rings. The highest BCUT2D eigenvalue weighted by Crippen LogP contribution is 2.26. The van der Waals surface area contributed by atoms with E-state index in [0.717, 1.165) is 10.9 Å². The van der Waals surface area contributed by atoms with Crippen molar-refractivity contribution in [1.29, 1.82) is 0 Å². The summed E-state index contributed by atoms with van der Waals surface area (Å²) in [5, 5.41) is 5.35. The number of amides is 2. The third-order valence-electron chi connectivity index (χ3n) is 4.81. The summed E-state index contributed by atoms with van der Waals surface area (Å²) in [4.78, 5) is 24.9. The van der Waals surface area contributed by atoms with E-state index >= 15 is 0 Å². The van der Waals surface area contributed by atoms with Crippen LogP contribution in [0.5, 0.6) is 0 Å². The Labute approximate surface area is 163 Å². The van der Waals surface area contributed by atoms with Crippen molar-refractivity contribution in [1.82, 2.24) is 14.7 Å². The fourth-order valence-electron chi connectivity index (χ4n) is 3.50. The van der Waals surface area contributed by atoms with Crippen LogP contribution in [-0.2, 0) is 22.5 Å². The maximum atomic E-state index is 14.8. The van der Waals surface area contributed by atoms with Gasteiger partial charge in [0.1, 0.15) is 11.8 Å². The smallest absolute Gasteiger partial charge is 0.410 e. The molecule has 7 nitrogen and oxygen atoms in total. The fourth-order valence-corrected chi connectivity index (χ4v) is 3.50. The lowest BCUT2D eigenvalue weighted by Crippen LogP contribution is -2.47. The van der Waals surface area contributed by atoms with Gasteiger partial charge in [-0.3, -0.25) is 9.48 Å². The zero-order valence-corrected chi connectivity index (χ0v) is 16.5. The van der Waals surface area contributed by atoms with Crippen molar-refractivity contribution in [2.24, 2.45) is 11.7 Å². The van der Waals surface area contributed by atoms with Crippen molar-refractivity contribution < 1.29 is 18.7 Å². The number of piperidine rings is 1. The molecule has 0 radical (unpaired) electrons. The van der Waals surface area contributed by atoms with Crippen LogP contribution in [-0.4, -0.2) is 51.5 Å². The van der Waals surface area contributed by atoms with Crippen molar-refractivity contribution >= 4 is 22.9 Å². The first-order chi connectivity index (χ1) is 13.1. The van der Waals surface area contributed by atoms with Crippen LogP contribution in [0.4, 0.5) is 9.18 Å². The number of nitrogens with zero attached hydrogens (tertiary/aromatic N) is 3. The summed E-state index contributed by atoms with van der Waals surface area (Å²) < 4.78 is 21.9. The number of hydrogen-bond donors (Lipinski definition) is 1. The third-order valence-corrected chi connectivity index (χ3v) is 4.81. The molecule has 2 atom stereocenters. The second-order valence-corrected chi connectivity index (χ2v) is 8.28. The minimum absolute atomic E-state index is 0.00687. The lowest BCUT2D eigenvalue weighted by molar-refractivity contribution is -0.117. The van der Waals surface area contributed by atoms with Crippen LogP contribution in [0.1, 0.15) is 32.9 Å². The number of hydrogen-bond acceptors (Lipinski definition) is 4. The van der Waals surface area contributed by atoms with Gasteiger partial charge < -0.3 is 15.4 Å². The first kappa shape index (κ1) is 20.1. The molecule has 2 aromatic rings. The number of fused-ring (bicyclic) bond motifs is 1. The van der Waals surface area contributed by atoms with Gasteiger partial charge in [0.2, 0.25) is 5.91 Å². The predicted molar refractivity (Wildman–Crippen MR) is 103 cm³/mol. The first-order valence-corrected chi connectivity index (χ1v) is 9.49. The van der Waals surface area contributed by atoms with Gasteiger partial charge in [-0.25, -0.2) is 9.18 Å². The predicted octanol–water partition coefficient (Wildman–Crippen LogP) is 2.66. The molecule has 8 heteroatoms. The van der Waals surface area contributed by atoms with Crippen molar-refractivity contribution in [2.75, 3.05) is 13.1 Å². The summed E-state index contributed by atoms with van der Waals surface area (Å²) in [6.07, 6.45) is -1.10. The molecule has 1 aliphatic heterocycles. The number of nitrogens with two attached hydrogens (primary N) is 1. The molecule has 2 heterocycles. The lowest BCUT2D eigenvalue weighted by Gasteiger charge is -2.35. The van der Waals surface area contributed by atoms with Gasteiger partial charge in [0.15, 0.2) is 0 Å². The molecule has 0 saturated carbocycles. The summed E-state index contributed by atoms with van der Waals surface area (Å²) in [5.41, 5.74) is 6.16. The number of halogens is 1. The Morgan fingerprint density at radius 3 is 2.68 bits per heavy atom.